The fraction of sp³-hybridized carbons (Fsp3) is 0.143. The van der Waals surface area contributed by atoms with Gasteiger partial charge in [0.2, 0.25) is 0 Å². The van der Waals surface area contributed by atoms with Crippen LogP contribution < -0.4 is 27.0 Å². The van der Waals surface area contributed by atoms with E-state index in [0.717, 1.165) is 9.13 Å². The van der Waals surface area contributed by atoms with E-state index >= 15 is 0 Å². The maximum absolute atomic E-state index is 12.9. The van der Waals surface area contributed by atoms with Gasteiger partial charge in [0.15, 0.2) is 0 Å². The van der Waals surface area contributed by atoms with Crippen LogP contribution in [0.3, 0.4) is 0 Å². The van der Waals surface area contributed by atoms with Crippen molar-refractivity contribution >= 4 is 23.4 Å². The molecular formula is C21H20N4O5. The number of hydrogen-bond donors (Lipinski definition) is 2. The Morgan fingerprint density at radius 2 is 1.70 bits per heavy atom. The summed E-state index contributed by atoms with van der Waals surface area (Å²) in [7, 11) is 1.30. The Labute approximate surface area is 171 Å². The fourth-order valence-corrected chi connectivity index (χ4v) is 2.98. The number of nitrogens with two attached hydrogens (primary N) is 1. The SMILES string of the molecule is CC(=O)Oc1cccc(C(=O)Nc2c(N)n(-c3ccccc3)c(=O)n(C)c2=O)c1C. The van der Waals surface area contributed by atoms with Crippen LogP contribution in [0.5, 0.6) is 5.75 Å². The molecule has 154 valence electrons. The van der Waals surface area contributed by atoms with Crippen molar-refractivity contribution in [2.75, 3.05) is 11.1 Å². The number of para-hydroxylation sites is 1. The molecular weight excluding hydrogens is 388 g/mol. The summed E-state index contributed by atoms with van der Waals surface area (Å²) in [6.07, 6.45) is 0. The summed E-state index contributed by atoms with van der Waals surface area (Å²) in [6, 6.07) is 13.1. The monoisotopic (exact) mass is 408 g/mol. The first kappa shape index (κ1) is 20.6. The number of ether oxygens (including phenoxy) is 1. The van der Waals surface area contributed by atoms with Gasteiger partial charge >= 0.3 is 11.7 Å². The van der Waals surface area contributed by atoms with E-state index in [1.807, 2.05) is 0 Å². The number of nitrogens with zero attached hydrogens (tertiary/aromatic N) is 2. The molecule has 0 aliphatic carbocycles. The number of nitrogen functional groups attached to an aromatic ring is 1. The zero-order chi connectivity index (χ0) is 22.0. The van der Waals surface area contributed by atoms with Crippen LogP contribution in [0.2, 0.25) is 0 Å². The van der Waals surface area contributed by atoms with Crippen molar-refractivity contribution < 1.29 is 14.3 Å². The van der Waals surface area contributed by atoms with Gasteiger partial charge in [-0.1, -0.05) is 24.3 Å². The number of carbonyl (C=O) groups excluding carboxylic acids is 2. The van der Waals surface area contributed by atoms with Gasteiger partial charge in [0, 0.05) is 25.1 Å². The van der Waals surface area contributed by atoms with E-state index in [2.05, 4.69) is 5.32 Å². The highest BCUT2D eigenvalue weighted by atomic mass is 16.5. The summed E-state index contributed by atoms with van der Waals surface area (Å²) in [5.74, 6) is -1.13. The average molecular weight is 408 g/mol. The van der Waals surface area contributed by atoms with Gasteiger partial charge in [-0.3, -0.25) is 19.0 Å². The first-order valence-corrected chi connectivity index (χ1v) is 8.98. The number of anilines is 2. The zero-order valence-corrected chi connectivity index (χ0v) is 16.6. The van der Waals surface area contributed by atoms with Crippen LogP contribution >= 0.6 is 0 Å². The molecule has 30 heavy (non-hydrogen) atoms. The van der Waals surface area contributed by atoms with Crippen molar-refractivity contribution in [3.8, 4) is 11.4 Å². The molecule has 1 heterocycles. The molecule has 1 aromatic heterocycles. The fourth-order valence-electron chi connectivity index (χ4n) is 2.98. The van der Waals surface area contributed by atoms with Crippen molar-refractivity contribution in [3.63, 3.8) is 0 Å². The maximum Gasteiger partial charge on any atom is 0.337 e. The molecule has 0 fully saturated rings. The van der Waals surface area contributed by atoms with Crippen molar-refractivity contribution in [3.05, 3.63) is 80.5 Å². The van der Waals surface area contributed by atoms with Crippen molar-refractivity contribution in [2.45, 2.75) is 13.8 Å². The number of esters is 1. The quantitative estimate of drug-likeness (QED) is 0.499. The first-order chi connectivity index (χ1) is 14.2. The second-order valence-corrected chi connectivity index (χ2v) is 6.55. The van der Waals surface area contributed by atoms with Crippen molar-refractivity contribution in [1.29, 1.82) is 0 Å². The van der Waals surface area contributed by atoms with E-state index in [4.69, 9.17) is 10.5 Å². The lowest BCUT2D eigenvalue weighted by Gasteiger charge is -2.16. The van der Waals surface area contributed by atoms with Crippen molar-refractivity contribution in [1.82, 2.24) is 9.13 Å². The van der Waals surface area contributed by atoms with Gasteiger partial charge in [-0.15, -0.1) is 0 Å². The summed E-state index contributed by atoms with van der Waals surface area (Å²) in [5.41, 5.74) is 5.54. The van der Waals surface area contributed by atoms with E-state index in [1.165, 1.54) is 20.0 Å². The van der Waals surface area contributed by atoms with Crippen LogP contribution in [0.15, 0.2) is 58.1 Å². The Hall–Kier alpha value is -4.14. The average Bonchev–Trinajstić information content (AvgIpc) is 2.71. The predicted molar refractivity (Wildman–Crippen MR) is 112 cm³/mol. The molecule has 0 saturated carbocycles. The molecule has 2 aromatic carbocycles. The Morgan fingerprint density at radius 3 is 2.33 bits per heavy atom. The van der Waals surface area contributed by atoms with Gasteiger partial charge in [0.25, 0.3) is 11.5 Å². The van der Waals surface area contributed by atoms with E-state index in [0.29, 0.717) is 11.3 Å². The molecule has 0 aliphatic rings. The molecule has 0 saturated heterocycles. The molecule has 3 rings (SSSR count). The van der Waals surface area contributed by atoms with Gasteiger partial charge < -0.3 is 15.8 Å². The van der Waals surface area contributed by atoms with E-state index in [9.17, 15) is 19.2 Å². The number of carbonyl (C=O) groups is 2. The van der Waals surface area contributed by atoms with Crippen LogP contribution in [0.25, 0.3) is 5.69 Å². The van der Waals surface area contributed by atoms with Gasteiger partial charge in [0.05, 0.1) is 5.69 Å². The molecule has 0 unspecified atom stereocenters. The molecule has 0 radical (unpaired) electrons. The molecule has 0 atom stereocenters. The summed E-state index contributed by atoms with van der Waals surface area (Å²) in [6.45, 7) is 2.86. The Bertz CT molecular complexity index is 1260. The summed E-state index contributed by atoms with van der Waals surface area (Å²) < 4.78 is 7.09. The molecule has 3 aromatic rings. The van der Waals surface area contributed by atoms with E-state index in [-0.39, 0.29) is 22.8 Å². The van der Waals surface area contributed by atoms with Gasteiger partial charge in [-0.2, -0.15) is 0 Å². The number of nitrogens with one attached hydrogen (secondary N) is 1. The summed E-state index contributed by atoms with van der Waals surface area (Å²) in [4.78, 5) is 49.4. The molecule has 9 heteroatoms. The molecule has 9 nitrogen and oxygen atoms in total. The first-order valence-electron chi connectivity index (χ1n) is 8.98. The summed E-state index contributed by atoms with van der Waals surface area (Å²) in [5, 5.41) is 2.50. The largest absolute Gasteiger partial charge is 0.426 e. The van der Waals surface area contributed by atoms with E-state index in [1.54, 1.807) is 49.4 Å². The van der Waals surface area contributed by atoms with Gasteiger partial charge in [-0.25, -0.2) is 9.36 Å². The van der Waals surface area contributed by atoms with Crippen LogP contribution in [0.4, 0.5) is 11.5 Å². The second kappa shape index (κ2) is 8.08. The number of aromatic nitrogens is 2. The van der Waals surface area contributed by atoms with Crippen molar-refractivity contribution in [2.24, 2.45) is 7.05 Å². The third-order valence-electron chi connectivity index (χ3n) is 4.53. The van der Waals surface area contributed by atoms with Crippen LogP contribution in [-0.4, -0.2) is 21.0 Å². The second-order valence-electron chi connectivity index (χ2n) is 6.55. The molecule has 3 N–H and O–H groups in total. The Morgan fingerprint density at radius 1 is 1.03 bits per heavy atom. The van der Waals surface area contributed by atoms with Gasteiger partial charge in [0.1, 0.15) is 17.3 Å². The lowest BCUT2D eigenvalue weighted by molar-refractivity contribution is -0.131. The standard InChI is InChI=1S/C21H20N4O5/c1-12-15(10-7-11-16(12)30-13(2)26)19(27)23-17-18(22)25(14-8-5-4-6-9-14)21(29)24(3)20(17)28/h4-11H,22H2,1-3H3,(H,23,27). The lowest BCUT2D eigenvalue weighted by atomic mass is 10.1. The Balaban J connectivity index is 2.09. The third kappa shape index (κ3) is 3.72. The third-order valence-corrected chi connectivity index (χ3v) is 4.53. The smallest absolute Gasteiger partial charge is 0.337 e. The minimum absolute atomic E-state index is 0.188. The van der Waals surface area contributed by atoms with Crippen LogP contribution in [-0.2, 0) is 11.8 Å². The molecule has 1 amide bonds. The molecule has 0 bridgehead atoms. The highest BCUT2D eigenvalue weighted by Gasteiger charge is 2.21. The minimum Gasteiger partial charge on any atom is -0.426 e. The highest BCUT2D eigenvalue weighted by molar-refractivity contribution is 6.06. The molecule has 0 aliphatic heterocycles. The minimum atomic E-state index is -0.744. The van der Waals surface area contributed by atoms with Crippen LogP contribution in [0, 0.1) is 6.92 Å². The Kier molecular flexibility index (Phi) is 5.54. The lowest BCUT2D eigenvalue weighted by Crippen LogP contribution is -2.40. The van der Waals surface area contributed by atoms with Gasteiger partial charge in [-0.05, 0) is 31.2 Å². The summed E-state index contributed by atoms with van der Waals surface area (Å²) >= 11 is 0. The molecule has 0 spiro atoms. The number of rotatable bonds is 4. The highest BCUT2D eigenvalue weighted by Crippen LogP contribution is 2.23. The number of benzene rings is 2. The maximum atomic E-state index is 12.9. The number of amides is 1. The number of hydrogen-bond acceptors (Lipinski definition) is 6. The predicted octanol–water partition coefficient (Wildman–Crippen LogP) is 1.60. The van der Waals surface area contributed by atoms with E-state index < -0.39 is 23.1 Å². The zero-order valence-electron chi connectivity index (χ0n) is 16.6. The van der Waals surface area contributed by atoms with Crippen LogP contribution in [0.1, 0.15) is 22.8 Å². The topological polar surface area (TPSA) is 125 Å². The normalized spacial score (nSPS) is 10.5.